The molecule has 0 radical (unpaired) electrons. The number of halogens is 1. The molecular formula is C17H17ClN2O2S. The number of sulfonamides is 1. The number of benzene rings is 2. The Morgan fingerprint density at radius 1 is 1.13 bits per heavy atom. The van der Waals surface area contributed by atoms with Gasteiger partial charge < -0.3 is 0 Å². The molecule has 4 nitrogen and oxygen atoms in total. The summed E-state index contributed by atoms with van der Waals surface area (Å²) in [5.74, 6) is 0.451. The SMILES string of the molecule is Cc1ccc(S(=O)(=O)N2CCN=C2c2cccc(Cl)c2)c(C)c1. The van der Waals surface area contributed by atoms with E-state index in [0.717, 1.165) is 11.1 Å². The maximum Gasteiger partial charge on any atom is 0.265 e. The van der Waals surface area contributed by atoms with Gasteiger partial charge in [0, 0.05) is 10.6 Å². The zero-order valence-corrected chi connectivity index (χ0v) is 14.5. The minimum absolute atomic E-state index is 0.319. The van der Waals surface area contributed by atoms with Gasteiger partial charge in [0.25, 0.3) is 10.0 Å². The molecule has 1 heterocycles. The van der Waals surface area contributed by atoms with Crippen molar-refractivity contribution in [3.63, 3.8) is 0 Å². The van der Waals surface area contributed by atoms with E-state index in [1.165, 1.54) is 4.31 Å². The zero-order valence-electron chi connectivity index (χ0n) is 13.0. The molecule has 6 heteroatoms. The van der Waals surface area contributed by atoms with E-state index in [4.69, 9.17) is 11.6 Å². The van der Waals surface area contributed by atoms with Crippen LogP contribution in [0.2, 0.25) is 5.02 Å². The van der Waals surface area contributed by atoms with Crippen molar-refractivity contribution < 1.29 is 8.42 Å². The lowest BCUT2D eigenvalue weighted by Crippen LogP contribution is -2.35. The fourth-order valence-electron chi connectivity index (χ4n) is 2.74. The van der Waals surface area contributed by atoms with Crippen LogP contribution < -0.4 is 0 Å². The van der Waals surface area contributed by atoms with Crippen molar-refractivity contribution in [1.29, 1.82) is 0 Å². The third-order valence-electron chi connectivity index (χ3n) is 3.78. The van der Waals surface area contributed by atoms with Gasteiger partial charge in [-0.15, -0.1) is 0 Å². The van der Waals surface area contributed by atoms with Crippen LogP contribution in [0.25, 0.3) is 0 Å². The normalized spacial score (nSPS) is 14.9. The van der Waals surface area contributed by atoms with Gasteiger partial charge in [-0.25, -0.2) is 12.7 Å². The van der Waals surface area contributed by atoms with Gasteiger partial charge in [0.05, 0.1) is 18.0 Å². The molecule has 0 aliphatic carbocycles. The largest absolute Gasteiger partial charge is 0.265 e. The molecule has 120 valence electrons. The van der Waals surface area contributed by atoms with Crippen molar-refractivity contribution >= 4 is 27.5 Å². The van der Waals surface area contributed by atoms with Crippen molar-refractivity contribution in [3.05, 3.63) is 64.2 Å². The number of rotatable bonds is 3. The molecule has 0 fully saturated rings. The Bertz CT molecular complexity index is 891. The molecule has 3 rings (SSSR count). The highest BCUT2D eigenvalue weighted by atomic mass is 35.5. The fourth-order valence-corrected chi connectivity index (χ4v) is 4.58. The second-order valence-corrected chi connectivity index (χ2v) is 7.83. The summed E-state index contributed by atoms with van der Waals surface area (Å²) < 4.78 is 27.5. The zero-order chi connectivity index (χ0) is 16.6. The number of hydrogen-bond acceptors (Lipinski definition) is 3. The summed E-state index contributed by atoms with van der Waals surface area (Å²) in [4.78, 5) is 4.69. The first-order valence-electron chi connectivity index (χ1n) is 7.30. The van der Waals surface area contributed by atoms with Crippen molar-refractivity contribution in [2.75, 3.05) is 13.1 Å². The standard InChI is InChI=1S/C17H17ClN2O2S/c1-12-6-7-16(13(2)10-12)23(21,22)20-9-8-19-17(20)14-4-3-5-15(18)11-14/h3-7,10-11H,8-9H2,1-2H3. The first kappa shape index (κ1) is 16.0. The smallest absolute Gasteiger partial charge is 0.265 e. The average Bonchev–Trinajstić information content (AvgIpc) is 2.97. The first-order valence-corrected chi connectivity index (χ1v) is 9.12. The summed E-state index contributed by atoms with van der Waals surface area (Å²) >= 11 is 6.02. The van der Waals surface area contributed by atoms with Crippen LogP contribution in [-0.2, 0) is 10.0 Å². The minimum Gasteiger partial charge on any atom is -0.265 e. The third kappa shape index (κ3) is 2.99. The summed E-state index contributed by atoms with van der Waals surface area (Å²) in [5.41, 5.74) is 2.48. The number of nitrogens with zero attached hydrogens (tertiary/aromatic N) is 2. The van der Waals surface area contributed by atoms with Gasteiger partial charge in [0.15, 0.2) is 0 Å². The maximum atomic E-state index is 13.0. The Kier molecular flexibility index (Phi) is 4.17. The van der Waals surface area contributed by atoms with Crippen molar-refractivity contribution in [3.8, 4) is 0 Å². The summed E-state index contributed by atoms with van der Waals surface area (Å²) in [5, 5.41) is 0.556. The highest BCUT2D eigenvalue weighted by Gasteiger charge is 2.32. The average molecular weight is 349 g/mol. The van der Waals surface area contributed by atoms with E-state index in [-0.39, 0.29) is 0 Å². The molecule has 0 spiro atoms. The Morgan fingerprint density at radius 3 is 2.61 bits per heavy atom. The van der Waals surface area contributed by atoms with Crippen molar-refractivity contribution in [2.24, 2.45) is 4.99 Å². The summed E-state index contributed by atoms with van der Waals surface area (Å²) in [6.07, 6.45) is 0. The predicted molar refractivity (Wildman–Crippen MR) is 92.7 cm³/mol. The lowest BCUT2D eigenvalue weighted by atomic mass is 10.2. The van der Waals surface area contributed by atoms with Crippen molar-refractivity contribution in [1.82, 2.24) is 4.31 Å². The van der Waals surface area contributed by atoms with Crippen LogP contribution in [0.15, 0.2) is 52.4 Å². The van der Waals surface area contributed by atoms with E-state index >= 15 is 0 Å². The minimum atomic E-state index is -3.64. The molecule has 0 unspecified atom stereocenters. The number of hydrogen-bond donors (Lipinski definition) is 0. The van der Waals surface area contributed by atoms with Crippen molar-refractivity contribution in [2.45, 2.75) is 18.7 Å². The van der Waals surface area contributed by atoms with E-state index in [1.807, 2.05) is 32.0 Å². The lowest BCUT2D eigenvalue weighted by Gasteiger charge is -2.22. The van der Waals surface area contributed by atoms with Gasteiger partial charge in [-0.2, -0.15) is 0 Å². The van der Waals surface area contributed by atoms with Gasteiger partial charge in [0.2, 0.25) is 0 Å². The molecule has 2 aromatic rings. The third-order valence-corrected chi connectivity index (χ3v) is 5.97. The van der Waals surface area contributed by atoms with Gasteiger partial charge in [-0.1, -0.05) is 41.4 Å². The fraction of sp³-hybridized carbons (Fsp3) is 0.235. The highest BCUT2D eigenvalue weighted by molar-refractivity contribution is 7.89. The molecule has 0 saturated carbocycles. The molecular weight excluding hydrogens is 332 g/mol. The molecule has 0 bridgehead atoms. The molecule has 23 heavy (non-hydrogen) atoms. The van der Waals surface area contributed by atoms with Crippen LogP contribution in [0.4, 0.5) is 0 Å². The maximum absolute atomic E-state index is 13.0. The molecule has 2 aromatic carbocycles. The van der Waals surface area contributed by atoms with Crippen LogP contribution in [-0.4, -0.2) is 31.6 Å². The van der Waals surface area contributed by atoms with Gasteiger partial charge in [0.1, 0.15) is 5.84 Å². The van der Waals surface area contributed by atoms with Gasteiger partial charge >= 0.3 is 0 Å². The quantitative estimate of drug-likeness (QED) is 0.853. The second-order valence-electron chi connectivity index (χ2n) is 5.56. The summed E-state index contributed by atoms with van der Waals surface area (Å²) in [6.45, 7) is 4.55. The first-order chi connectivity index (χ1) is 10.9. The van der Waals surface area contributed by atoms with E-state index < -0.39 is 10.0 Å². The summed E-state index contributed by atoms with van der Waals surface area (Å²) in [6, 6.07) is 12.4. The molecule has 0 atom stereocenters. The Labute approximate surface area is 141 Å². The number of amidine groups is 1. The highest BCUT2D eigenvalue weighted by Crippen LogP contribution is 2.25. The van der Waals surface area contributed by atoms with E-state index in [0.29, 0.717) is 34.4 Å². The lowest BCUT2D eigenvalue weighted by molar-refractivity contribution is 0.537. The van der Waals surface area contributed by atoms with Crippen LogP contribution in [0.5, 0.6) is 0 Å². The van der Waals surface area contributed by atoms with Crippen LogP contribution in [0, 0.1) is 13.8 Å². The number of aliphatic imine (C=N–C) groups is 1. The molecule has 0 amide bonds. The van der Waals surface area contributed by atoms with E-state index in [2.05, 4.69) is 4.99 Å². The molecule has 1 aliphatic heterocycles. The second kappa shape index (κ2) is 5.98. The Morgan fingerprint density at radius 2 is 1.91 bits per heavy atom. The molecule has 0 N–H and O–H groups in total. The van der Waals surface area contributed by atoms with Crippen LogP contribution in [0.1, 0.15) is 16.7 Å². The predicted octanol–water partition coefficient (Wildman–Crippen LogP) is 3.41. The monoisotopic (exact) mass is 348 g/mol. The molecule has 1 aliphatic rings. The van der Waals surface area contributed by atoms with Crippen LogP contribution in [0.3, 0.4) is 0 Å². The van der Waals surface area contributed by atoms with Crippen LogP contribution >= 0.6 is 11.6 Å². The number of aryl methyl sites for hydroxylation is 2. The van der Waals surface area contributed by atoms with Gasteiger partial charge in [-0.3, -0.25) is 4.99 Å². The Balaban J connectivity index is 2.04. The van der Waals surface area contributed by atoms with E-state index in [9.17, 15) is 8.42 Å². The molecule has 0 aromatic heterocycles. The summed E-state index contributed by atoms with van der Waals surface area (Å²) in [7, 11) is -3.64. The Hall–Kier alpha value is -1.85. The molecule has 0 saturated heterocycles. The van der Waals surface area contributed by atoms with Gasteiger partial charge in [-0.05, 0) is 37.6 Å². The van der Waals surface area contributed by atoms with E-state index in [1.54, 1.807) is 24.3 Å². The topological polar surface area (TPSA) is 49.7 Å².